The van der Waals surface area contributed by atoms with Gasteiger partial charge < -0.3 is 15.6 Å². The van der Waals surface area contributed by atoms with E-state index in [4.69, 9.17) is 11.6 Å². The van der Waals surface area contributed by atoms with E-state index >= 15 is 0 Å². The summed E-state index contributed by atoms with van der Waals surface area (Å²) in [5.41, 5.74) is 3.09. The number of fused-ring (bicyclic) bond motifs is 2. The van der Waals surface area contributed by atoms with Crippen molar-refractivity contribution < 1.29 is 9.59 Å². The SMILES string of the molecule is CC(=O)Nc1ccc2nc(NC(=O)CSc3nc4ccc(Cl)cc4[nH]3)sc2c1. The smallest absolute Gasteiger partial charge is 0.236 e. The van der Waals surface area contributed by atoms with Crippen molar-refractivity contribution in [3.05, 3.63) is 41.4 Å². The fraction of sp³-hybridized carbons (Fsp3) is 0.111. The van der Waals surface area contributed by atoms with Crippen LogP contribution in [0.3, 0.4) is 0 Å². The second-order valence-corrected chi connectivity index (χ2v) is 8.35. The number of aromatic nitrogens is 3. The molecule has 0 radical (unpaired) electrons. The molecule has 0 unspecified atom stereocenters. The van der Waals surface area contributed by atoms with Crippen molar-refractivity contribution in [2.75, 3.05) is 16.4 Å². The quantitative estimate of drug-likeness (QED) is 0.403. The van der Waals surface area contributed by atoms with E-state index in [-0.39, 0.29) is 17.6 Å². The van der Waals surface area contributed by atoms with Gasteiger partial charge >= 0.3 is 0 Å². The highest BCUT2D eigenvalue weighted by molar-refractivity contribution is 7.99. The zero-order valence-corrected chi connectivity index (χ0v) is 17.0. The van der Waals surface area contributed by atoms with Crippen LogP contribution in [0.4, 0.5) is 10.8 Å². The highest BCUT2D eigenvalue weighted by atomic mass is 35.5. The Labute approximate surface area is 172 Å². The molecule has 10 heteroatoms. The second-order valence-electron chi connectivity index (χ2n) is 5.92. The molecule has 0 fully saturated rings. The molecule has 4 rings (SSSR count). The first kappa shape index (κ1) is 18.7. The van der Waals surface area contributed by atoms with Gasteiger partial charge in [-0.15, -0.1) is 0 Å². The lowest BCUT2D eigenvalue weighted by molar-refractivity contribution is -0.114. The van der Waals surface area contributed by atoms with Crippen molar-refractivity contribution in [1.29, 1.82) is 0 Å². The van der Waals surface area contributed by atoms with Gasteiger partial charge in [0.05, 0.1) is 27.0 Å². The largest absolute Gasteiger partial charge is 0.333 e. The molecule has 0 saturated carbocycles. The van der Waals surface area contributed by atoms with E-state index in [0.29, 0.717) is 21.0 Å². The number of thiazole rings is 1. The summed E-state index contributed by atoms with van der Waals surface area (Å²) in [5.74, 6) is -0.118. The minimum absolute atomic E-state index is 0.137. The van der Waals surface area contributed by atoms with Crippen molar-refractivity contribution in [1.82, 2.24) is 15.0 Å². The molecule has 0 aliphatic heterocycles. The summed E-state index contributed by atoms with van der Waals surface area (Å²) in [4.78, 5) is 35.4. The number of carbonyl (C=O) groups excluding carboxylic acids is 2. The van der Waals surface area contributed by atoms with Gasteiger partial charge in [-0.1, -0.05) is 34.7 Å². The summed E-state index contributed by atoms with van der Waals surface area (Å²) in [7, 11) is 0. The predicted molar refractivity (Wildman–Crippen MR) is 114 cm³/mol. The molecule has 2 aromatic carbocycles. The Morgan fingerprint density at radius 2 is 1.96 bits per heavy atom. The van der Waals surface area contributed by atoms with Crippen LogP contribution in [-0.4, -0.2) is 32.5 Å². The fourth-order valence-corrected chi connectivity index (χ4v) is 4.35. The van der Waals surface area contributed by atoms with Crippen LogP contribution < -0.4 is 10.6 Å². The molecule has 4 aromatic rings. The molecule has 2 heterocycles. The van der Waals surface area contributed by atoms with E-state index in [9.17, 15) is 9.59 Å². The van der Waals surface area contributed by atoms with Crippen LogP contribution in [-0.2, 0) is 9.59 Å². The van der Waals surface area contributed by atoms with Crippen molar-refractivity contribution in [3.63, 3.8) is 0 Å². The number of anilines is 2. The number of H-pyrrole nitrogens is 1. The minimum atomic E-state index is -0.176. The number of thioether (sulfide) groups is 1. The first-order chi connectivity index (χ1) is 13.5. The summed E-state index contributed by atoms with van der Waals surface area (Å²) in [6, 6.07) is 10.8. The number of halogens is 1. The van der Waals surface area contributed by atoms with Crippen molar-refractivity contribution in [3.8, 4) is 0 Å². The number of amides is 2. The topological polar surface area (TPSA) is 99.8 Å². The van der Waals surface area contributed by atoms with Gasteiger partial charge in [-0.3, -0.25) is 9.59 Å². The molecule has 0 bridgehead atoms. The number of nitrogens with zero attached hydrogens (tertiary/aromatic N) is 2. The van der Waals surface area contributed by atoms with Gasteiger partial charge in [-0.25, -0.2) is 9.97 Å². The zero-order chi connectivity index (χ0) is 19.7. The lowest BCUT2D eigenvalue weighted by Gasteiger charge is -1.99. The summed E-state index contributed by atoms with van der Waals surface area (Å²) in [6.45, 7) is 1.46. The van der Waals surface area contributed by atoms with Crippen LogP contribution in [0.2, 0.25) is 5.02 Å². The Bertz CT molecular complexity index is 1200. The predicted octanol–water partition coefficient (Wildman–Crippen LogP) is 4.52. The molecular weight excluding hydrogens is 418 g/mol. The van der Waals surface area contributed by atoms with E-state index in [1.807, 2.05) is 12.1 Å². The van der Waals surface area contributed by atoms with Crippen LogP contribution in [0.5, 0.6) is 0 Å². The number of nitrogens with one attached hydrogen (secondary N) is 3. The summed E-state index contributed by atoms with van der Waals surface area (Å²) in [6.07, 6.45) is 0. The van der Waals surface area contributed by atoms with Gasteiger partial charge in [-0.05, 0) is 36.4 Å². The number of aromatic amines is 1. The van der Waals surface area contributed by atoms with Gasteiger partial charge in [0, 0.05) is 17.6 Å². The molecule has 2 aromatic heterocycles. The Morgan fingerprint density at radius 3 is 2.79 bits per heavy atom. The van der Waals surface area contributed by atoms with Crippen LogP contribution >= 0.6 is 34.7 Å². The van der Waals surface area contributed by atoms with Crippen molar-refractivity contribution in [2.24, 2.45) is 0 Å². The number of hydrogen-bond donors (Lipinski definition) is 3. The number of rotatable bonds is 5. The van der Waals surface area contributed by atoms with Gasteiger partial charge in [0.1, 0.15) is 0 Å². The first-order valence-electron chi connectivity index (χ1n) is 8.22. The maximum absolute atomic E-state index is 12.3. The van der Waals surface area contributed by atoms with Gasteiger partial charge in [0.15, 0.2) is 10.3 Å². The molecule has 142 valence electrons. The number of imidazole rings is 1. The minimum Gasteiger partial charge on any atom is -0.333 e. The Balaban J connectivity index is 1.40. The van der Waals surface area contributed by atoms with Crippen LogP contribution in [0, 0.1) is 0 Å². The van der Waals surface area contributed by atoms with Gasteiger partial charge in [0.25, 0.3) is 0 Å². The van der Waals surface area contributed by atoms with Crippen molar-refractivity contribution in [2.45, 2.75) is 12.1 Å². The maximum atomic E-state index is 12.3. The molecule has 0 spiro atoms. The maximum Gasteiger partial charge on any atom is 0.236 e. The molecule has 0 aliphatic rings. The molecular formula is C18H14ClN5O2S2. The molecule has 28 heavy (non-hydrogen) atoms. The average Bonchev–Trinajstić information content (AvgIpc) is 3.21. The Hall–Kier alpha value is -2.62. The third-order valence-electron chi connectivity index (χ3n) is 3.72. The van der Waals surface area contributed by atoms with E-state index in [1.54, 1.807) is 24.3 Å². The lowest BCUT2D eigenvalue weighted by atomic mass is 10.3. The third-order valence-corrected chi connectivity index (χ3v) is 5.76. The monoisotopic (exact) mass is 431 g/mol. The standard InChI is InChI=1S/C18H14ClN5O2S2/c1-9(25)20-11-3-5-13-15(7-11)28-18(22-13)24-16(26)8-27-17-21-12-4-2-10(19)6-14(12)23-17/h2-7H,8H2,1H3,(H,20,25)(H,21,23)(H,22,24,26). The molecule has 0 atom stereocenters. The second kappa shape index (κ2) is 7.78. The normalized spacial score (nSPS) is 11.1. The van der Waals surface area contributed by atoms with E-state index < -0.39 is 0 Å². The molecule has 0 saturated heterocycles. The van der Waals surface area contributed by atoms with Crippen LogP contribution in [0.1, 0.15) is 6.92 Å². The number of hydrogen-bond acceptors (Lipinski definition) is 6. The van der Waals surface area contributed by atoms with Gasteiger partial charge in [0.2, 0.25) is 11.8 Å². The van der Waals surface area contributed by atoms with E-state index in [1.165, 1.54) is 30.0 Å². The Morgan fingerprint density at radius 1 is 1.14 bits per heavy atom. The van der Waals surface area contributed by atoms with E-state index in [2.05, 4.69) is 25.6 Å². The molecule has 2 amide bonds. The van der Waals surface area contributed by atoms with E-state index in [0.717, 1.165) is 21.3 Å². The summed E-state index contributed by atoms with van der Waals surface area (Å²) >= 11 is 8.62. The lowest BCUT2D eigenvalue weighted by Crippen LogP contribution is -2.13. The number of benzene rings is 2. The number of carbonyl (C=O) groups is 2. The highest BCUT2D eigenvalue weighted by Gasteiger charge is 2.11. The zero-order valence-electron chi connectivity index (χ0n) is 14.6. The van der Waals surface area contributed by atoms with Crippen LogP contribution in [0.15, 0.2) is 41.6 Å². The molecule has 3 N–H and O–H groups in total. The summed E-state index contributed by atoms with van der Waals surface area (Å²) in [5, 5.41) is 7.32. The summed E-state index contributed by atoms with van der Waals surface area (Å²) < 4.78 is 0.878. The van der Waals surface area contributed by atoms with Crippen molar-refractivity contribution >= 4 is 78.6 Å². The van der Waals surface area contributed by atoms with Gasteiger partial charge in [-0.2, -0.15) is 0 Å². The average molecular weight is 432 g/mol. The molecule has 0 aliphatic carbocycles. The highest BCUT2D eigenvalue weighted by Crippen LogP contribution is 2.29. The first-order valence-corrected chi connectivity index (χ1v) is 10.4. The third kappa shape index (κ3) is 4.27. The fourth-order valence-electron chi connectivity index (χ4n) is 2.58. The molecule has 7 nitrogen and oxygen atoms in total. The Kier molecular flexibility index (Phi) is 5.21. The van der Waals surface area contributed by atoms with Crippen LogP contribution in [0.25, 0.3) is 21.3 Å².